The van der Waals surface area contributed by atoms with Crippen molar-refractivity contribution in [2.75, 3.05) is 28.1 Å². The monoisotopic (exact) mass is 402 g/mol. The Morgan fingerprint density at radius 1 is 1.00 bits per heavy atom. The molecule has 1 heterocycles. The number of methoxy groups -OCH3 is 3. The van der Waals surface area contributed by atoms with Crippen molar-refractivity contribution in [1.29, 1.82) is 0 Å². The fourth-order valence-electron chi connectivity index (χ4n) is 3.20. The number of rotatable bonds is 9. The van der Waals surface area contributed by atoms with E-state index in [1.54, 1.807) is 30.3 Å². The molecular formula is C21H22O8. The lowest BCUT2D eigenvalue weighted by molar-refractivity contribution is -0.141. The normalized spacial score (nSPS) is 12.9. The lowest BCUT2D eigenvalue weighted by atomic mass is 9.91. The standard InChI is InChI=1S/C21H22O8/c1-25-18-7-12(8-19(26-2)20(18)27-3)6-14(21(23)24)9-15(22)13-4-5-16-17(10-13)29-11-28-16/h4-5,7-8,10,14H,6,9,11H2,1-3H3,(H,23,24)/t14-/m1/s1. The van der Waals surface area contributed by atoms with Crippen LogP contribution in [0.15, 0.2) is 30.3 Å². The third kappa shape index (κ3) is 4.37. The van der Waals surface area contributed by atoms with Crippen LogP contribution in [0.4, 0.5) is 0 Å². The minimum Gasteiger partial charge on any atom is -0.493 e. The summed E-state index contributed by atoms with van der Waals surface area (Å²) in [7, 11) is 4.46. The molecule has 0 bridgehead atoms. The second-order valence-electron chi connectivity index (χ2n) is 6.47. The van der Waals surface area contributed by atoms with Crippen LogP contribution in [-0.4, -0.2) is 45.0 Å². The first-order valence-corrected chi connectivity index (χ1v) is 8.91. The smallest absolute Gasteiger partial charge is 0.307 e. The second kappa shape index (κ2) is 8.72. The molecule has 0 spiro atoms. The van der Waals surface area contributed by atoms with Crippen molar-refractivity contribution in [2.45, 2.75) is 12.8 Å². The molecule has 2 aromatic rings. The first kappa shape index (κ1) is 20.3. The van der Waals surface area contributed by atoms with Gasteiger partial charge >= 0.3 is 5.97 Å². The molecule has 0 aliphatic carbocycles. The van der Waals surface area contributed by atoms with Gasteiger partial charge in [0.2, 0.25) is 12.5 Å². The molecule has 3 rings (SSSR count). The number of benzene rings is 2. The summed E-state index contributed by atoms with van der Waals surface area (Å²) < 4.78 is 26.4. The van der Waals surface area contributed by atoms with Crippen LogP contribution in [-0.2, 0) is 11.2 Å². The fourth-order valence-corrected chi connectivity index (χ4v) is 3.20. The van der Waals surface area contributed by atoms with Gasteiger partial charge in [0.15, 0.2) is 28.8 Å². The van der Waals surface area contributed by atoms with Crippen molar-refractivity contribution >= 4 is 11.8 Å². The van der Waals surface area contributed by atoms with Gasteiger partial charge in [0.25, 0.3) is 0 Å². The highest BCUT2D eigenvalue weighted by Crippen LogP contribution is 2.39. The summed E-state index contributed by atoms with van der Waals surface area (Å²) in [4.78, 5) is 24.5. The molecule has 8 heteroatoms. The van der Waals surface area contributed by atoms with E-state index in [1.807, 2.05) is 0 Å². The SMILES string of the molecule is COc1cc(C[C@H](CC(=O)c2ccc3c(c2)OCO3)C(=O)O)cc(OC)c1OC. The fraction of sp³-hybridized carbons (Fsp3) is 0.333. The Kier molecular flexibility index (Phi) is 6.11. The summed E-state index contributed by atoms with van der Waals surface area (Å²) in [5.41, 5.74) is 1.04. The Labute approximate surface area is 167 Å². The van der Waals surface area contributed by atoms with Gasteiger partial charge in [-0.2, -0.15) is 0 Å². The summed E-state index contributed by atoms with van der Waals surface area (Å²) in [5.74, 6) is 0.0380. The highest BCUT2D eigenvalue weighted by atomic mass is 16.7. The van der Waals surface area contributed by atoms with Crippen LogP contribution in [0.5, 0.6) is 28.7 Å². The lowest BCUT2D eigenvalue weighted by Crippen LogP contribution is -2.20. The molecule has 1 N–H and O–H groups in total. The Morgan fingerprint density at radius 3 is 2.24 bits per heavy atom. The largest absolute Gasteiger partial charge is 0.493 e. The zero-order valence-corrected chi connectivity index (χ0v) is 16.4. The molecule has 1 aliphatic heterocycles. The summed E-state index contributed by atoms with van der Waals surface area (Å²) in [6, 6.07) is 8.19. The van der Waals surface area contributed by atoms with E-state index in [1.165, 1.54) is 21.3 Å². The van der Waals surface area contributed by atoms with Crippen molar-refractivity contribution in [1.82, 2.24) is 0 Å². The second-order valence-corrected chi connectivity index (χ2v) is 6.47. The molecule has 1 atom stereocenters. The highest BCUT2D eigenvalue weighted by molar-refractivity contribution is 5.98. The van der Waals surface area contributed by atoms with Gasteiger partial charge in [-0.15, -0.1) is 0 Å². The van der Waals surface area contributed by atoms with Gasteiger partial charge in [0, 0.05) is 12.0 Å². The molecular weight excluding hydrogens is 380 g/mol. The van der Waals surface area contributed by atoms with Crippen LogP contribution in [0.3, 0.4) is 0 Å². The minimum absolute atomic E-state index is 0.103. The maximum absolute atomic E-state index is 12.7. The number of hydrogen-bond donors (Lipinski definition) is 1. The topological polar surface area (TPSA) is 101 Å². The van der Waals surface area contributed by atoms with Crippen LogP contribution in [0.1, 0.15) is 22.3 Å². The predicted molar refractivity (Wildman–Crippen MR) is 102 cm³/mol. The van der Waals surface area contributed by atoms with Crippen LogP contribution in [0.2, 0.25) is 0 Å². The minimum atomic E-state index is -1.06. The van der Waals surface area contributed by atoms with Gasteiger partial charge in [-0.25, -0.2) is 0 Å². The summed E-state index contributed by atoms with van der Waals surface area (Å²) in [5, 5.41) is 9.65. The van der Waals surface area contributed by atoms with Gasteiger partial charge in [0.05, 0.1) is 27.2 Å². The van der Waals surface area contributed by atoms with Gasteiger partial charge < -0.3 is 28.8 Å². The molecule has 0 saturated carbocycles. The quantitative estimate of drug-likeness (QED) is 0.639. The number of carboxylic acid groups (broad SMARTS) is 1. The molecule has 1 aliphatic rings. The van der Waals surface area contributed by atoms with Crippen molar-refractivity contribution in [2.24, 2.45) is 5.92 Å². The van der Waals surface area contributed by atoms with E-state index in [0.717, 1.165) is 0 Å². The summed E-state index contributed by atoms with van der Waals surface area (Å²) in [6.07, 6.45) is -0.0338. The van der Waals surface area contributed by atoms with Gasteiger partial charge in [-0.05, 0) is 42.3 Å². The summed E-state index contributed by atoms with van der Waals surface area (Å²) >= 11 is 0. The van der Waals surface area contributed by atoms with E-state index in [4.69, 9.17) is 23.7 Å². The number of carbonyl (C=O) groups is 2. The van der Waals surface area contributed by atoms with E-state index in [2.05, 4.69) is 0 Å². The molecule has 2 aromatic carbocycles. The van der Waals surface area contributed by atoms with Crippen molar-refractivity contribution < 1.29 is 38.4 Å². The zero-order chi connectivity index (χ0) is 21.0. The van der Waals surface area contributed by atoms with Gasteiger partial charge in [0.1, 0.15) is 0 Å². The van der Waals surface area contributed by atoms with Gasteiger partial charge in [-0.1, -0.05) is 0 Å². The predicted octanol–water partition coefficient (Wildman–Crippen LogP) is 2.96. The average molecular weight is 402 g/mol. The summed E-state index contributed by atoms with van der Waals surface area (Å²) in [6.45, 7) is 0.103. The molecule has 0 radical (unpaired) electrons. The number of carbonyl (C=O) groups excluding carboxylic acids is 1. The number of ether oxygens (including phenoxy) is 5. The highest BCUT2D eigenvalue weighted by Gasteiger charge is 2.25. The van der Waals surface area contributed by atoms with Gasteiger partial charge in [-0.3, -0.25) is 9.59 Å². The number of aliphatic carboxylic acids is 1. The first-order valence-electron chi connectivity index (χ1n) is 8.91. The van der Waals surface area contributed by atoms with Crippen LogP contribution < -0.4 is 23.7 Å². The maximum atomic E-state index is 12.7. The van der Waals surface area contributed by atoms with Crippen molar-refractivity contribution in [3.05, 3.63) is 41.5 Å². The van der Waals surface area contributed by atoms with E-state index in [9.17, 15) is 14.7 Å². The molecule has 0 fully saturated rings. The molecule has 0 aromatic heterocycles. The average Bonchev–Trinajstić information content (AvgIpc) is 3.20. The van der Waals surface area contributed by atoms with Crippen LogP contribution in [0.25, 0.3) is 0 Å². The van der Waals surface area contributed by atoms with Crippen LogP contribution >= 0.6 is 0 Å². The third-order valence-corrected chi connectivity index (χ3v) is 4.68. The number of Topliss-reactive ketones (excluding diaryl/α,β-unsaturated/α-hetero) is 1. The van der Waals surface area contributed by atoms with E-state index >= 15 is 0 Å². The molecule has 8 nitrogen and oxygen atoms in total. The lowest BCUT2D eigenvalue weighted by Gasteiger charge is -2.16. The van der Waals surface area contributed by atoms with Crippen molar-refractivity contribution in [3.63, 3.8) is 0 Å². The molecule has 0 saturated heterocycles. The molecule has 0 unspecified atom stereocenters. The third-order valence-electron chi connectivity index (χ3n) is 4.68. The zero-order valence-electron chi connectivity index (χ0n) is 16.4. The van der Waals surface area contributed by atoms with E-state index in [-0.39, 0.29) is 25.4 Å². The molecule has 0 amide bonds. The van der Waals surface area contributed by atoms with E-state index < -0.39 is 11.9 Å². The number of hydrogen-bond acceptors (Lipinski definition) is 7. The molecule has 29 heavy (non-hydrogen) atoms. The van der Waals surface area contributed by atoms with Crippen molar-refractivity contribution in [3.8, 4) is 28.7 Å². The Bertz CT molecular complexity index is 896. The Balaban J connectivity index is 1.80. The Hall–Kier alpha value is -3.42. The first-order chi connectivity index (χ1) is 14.0. The van der Waals surface area contributed by atoms with E-state index in [0.29, 0.717) is 39.9 Å². The number of carboxylic acids is 1. The maximum Gasteiger partial charge on any atom is 0.307 e. The van der Waals surface area contributed by atoms with Crippen LogP contribution in [0, 0.1) is 5.92 Å². The number of fused-ring (bicyclic) bond motifs is 1. The number of ketones is 1. The Morgan fingerprint density at radius 2 is 1.66 bits per heavy atom. The molecule has 154 valence electrons.